The van der Waals surface area contributed by atoms with Gasteiger partial charge in [-0.3, -0.25) is 0 Å². The molecule has 6 nitrogen and oxygen atoms in total. The molecule has 114 valence electrons. The number of nitrogens with zero attached hydrogens (tertiary/aromatic N) is 3. The van der Waals surface area contributed by atoms with Crippen molar-refractivity contribution in [1.29, 1.82) is 5.26 Å². The summed E-state index contributed by atoms with van der Waals surface area (Å²) in [7, 11) is 0. The van der Waals surface area contributed by atoms with Gasteiger partial charge in [-0.25, -0.2) is 10.4 Å². The van der Waals surface area contributed by atoms with E-state index in [-0.39, 0.29) is 23.2 Å². The first kappa shape index (κ1) is 15.6. The molecule has 0 saturated heterocycles. The average molecular weight is 298 g/mol. The maximum atomic E-state index is 9.74. The van der Waals surface area contributed by atoms with Gasteiger partial charge in [-0.05, 0) is 42.7 Å². The predicted octanol–water partition coefficient (Wildman–Crippen LogP) is 3.44. The Hall–Kier alpha value is -2.81. The van der Waals surface area contributed by atoms with Gasteiger partial charge in [-0.1, -0.05) is 13.8 Å². The van der Waals surface area contributed by atoms with E-state index in [1.54, 1.807) is 6.21 Å². The van der Waals surface area contributed by atoms with Crippen molar-refractivity contribution in [3.05, 3.63) is 40.4 Å². The van der Waals surface area contributed by atoms with Crippen molar-refractivity contribution in [3.63, 3.8) is 0 Å². The van der Waals surface area contributed by atoms with E-state index in [2.05, 4.69) is 15.5 Å². The van der Waals surface area contributed by atoms with Crippen LogP contribution in [0.25, 0.3) is 0 Å². The zero-order valence-corrected chi connectivity index (χ0v) is 13.0. The summed E-state index contributed by atoms with van der Waals surface area (Å²) < 4.78 is 5.47. The van der Waals surface area contributed by atoms with Crippen molar-refractivity contribution in [3.8, 4) is 11.8 Å². The molecule has 2 aromatic rings. The number of phenolic OH excluding ortho intramolecular Hbond substituents is 1. The van der Waals surface area contributed by atoms with Gasteiger partial charge in [0.1, 0.15) is 11.8 Å². The smallest absolute Gasteiger partial charge is 0.252 e. The van der Waals surface area contributed by atoms with Crippen molar-refractivity contribution in [1.82, 2.24) is 4.98 Å². The number of benzene rings is 1. The highest BCUT2D eigenvalue weighted by atomic mass is 16.4. The highest BCUT2D eigenvalue weighted by Crippen LogP contribution is 2.23. The molecular weight excluding hydrogens is 280 g/mol. The molecule has 1 aromatic carbocycles. The van der Waals surface area contributed by atoms with Crippen LogP contribution in [0.15, 0.2) is 21.7 Å². The van der Waals surface area contributed by atoms with Gasteiger partial charge >= 0.3 is 0 Å². The number of aryl methyl sites for hydroxylation is 2. The molecule has 2 rings (SSSR count). The van der Waals surface area contributed by atoms with E-state index in [0.717, 1.165) is 16.7 Å². The molecule has 0 aliphatic rings. The highest BCUT2D eigenvalue weighted by molar-refractivity contribution is 5.81. The molecule has 0 amide bonds. The molecule has 0 fully saturated rings. The van der Waals surface area contributed by atoms with Crippen molar-refractivity contribution < 1.29 is 9.52 Å². The van der Waals surface area contributed by atoms with E-state index in [1.165, 1.54) is 0 Å². The lowest BCUT2D eigenvalue weighted by Crippen LogP contribution is -1.93. The normalized spacial score (nSPS) is 11.1. The summed E-state index contributed by atoms with van der Waals surface area (Å²) in [6.07, 6.45) is 1.60. The number of hydrogen-bond donors (Lipinski definition) is 2. The second-order valence-electron chi connectivity index (χ2n) is 5.37. The molecule has 22 heavy (non-hydrogen) atoms. The van der Waals surface area contributed by atoms with Gasteiger partial charge < -0.3 is 9.52 Å². The number of aromatic hydroxyl groups is 1. The van der Waals surface area contributed by atoms with E-state index < -0.39 is 0 Å². The standard InChI is InChI=1S/C16H18N4O2/c1-9(2)15-19-13(7-17)16(22-15)20-18-8-12-5-10(3)14(21)11(4)6-12/h5-6,8-9,20-21H,1-4H3. The summed E-state index contributed by atoms with van der Waals surface area (Å²) in [4.78, 5) is 4.10. The summed E-state index contributed by atoms with van der Waals surface area (Å²) in [5.41, 5.74) is 5.27. The third kappa shape index (κ3) is 3.26. The molecule has 1 aromatic heterocycles. The van der Waals surface area contributed by atoms with E-state index in [1.807, 2.05) is 45.9 Å². The van der Waals surface area contributed by atoms with Gasteiger partial charge in [-0.2, -0.15) is 10.4 Å². The predicted molar refractivity (Wildman–Crippen MR) is 84.1 cm³/mol. The minimum Gasteiger partial charge on any atom is -0.507 e. The van der Waals surface area contributed by atoms with Gasteiger partial charge in [0.2, 0.25) is 11.6 Å². The summed E-state index contributed by atoms with van der Waals surface area (Å²) in [6, 6.07) is 5.61. The number of oxazole rings is 1. The summed E-state index contributed by atoms with van der Waals surface area (Å²) in [5.74, 6) is 1.10. The largest absolute Gasteiger partial charge is 0.507 e. The molecule has 1 heterocycles. The minimum atomic E-state index is 0.0917. The number of hydrogen-bond acceptors (Lipinski definition) is 6. The van der Waals surface area contributed by atoms with Gasteiger partial charge in [-0.15, -0.1) is 0 Å². The van der Waals surface area contributed by atoms with Crippen LogP contribution in [0.3, 0.4) is 0 Å². The molecule has 0 aliphatic heterocycles. The first-order valence-electron chi connectivity index (χ1n) is 6.92. The van der Waals surface area contributed by atoms with Gasteiger partial charge in [0, 0.05) is 5.92 Å². The van der Waals surface area contributed by atoms with Crippen molar-refractivity contribution >= 4 is 12.1 Å². The molecule has 0 saturated carbocycles. The maximum Gasteiger partial charge on any atom is 0.252 e. The number of hydrazone groups is 1. The Balaban J connectivity index is 2.18. The highest BCUT2D eigenvalue weighted by Gasteiger charge is 2.14. The second kappa shape index (κ2) is 6.31. The van der Waals surface area contributed by atoms with Crippen LogP contribution in [0.2, 0.25) is 0 Å². The SMILES string of the molecule is Cc1cc(C=NNc2oc(C(C)C)nc2C#N)cc(C)c1O. The fourth-order valence-corrected chi connectivity index (χ4v) is 1.96. The number of aromatic nitrogens is 1. The van der Waals surface area contributed by atoms with E-state index in [9.17, 15) is 5.11 Å². The molecular formula is C16H18N4O2. The van der Waals surface area contributed by atoms with Crippen LogP contribution in [0.4, 0.5) is 5.88 Å². The Morgan fingerprint density at radius 2 is 2.00 bits per heavy atom. The Labute approximate surface area is 129 Å². The van der Waals surface area contributed by atoms with Gasteiger partial charge in [0.05, 0.1) is 6.21 Å². The molecule has 6 heteroatoms. The van der Waals surface area contributed by atoms with Gasteiger partial charge in [0.25, 0.3) is 5.88 Å². The number of nitrogens with one attached hydrogen (secondary N) is 1. The van der Waals surface area contributed by atoms with Crippen molar-refractivity contribution in [2.75, 3.05) is 5.43 Å². The molecule has 0 spiro atoms. The fourth-order valence-electron chi connectivity index (χ4n) is 1.96. The van der Waals surface area contributed by atoms with Crippen LogP contribution in [-0.4, -0.2) is 16.3 Å². The topological polar surface area (TPSA) is 94.4 Å². The number of nitriles is 1. The second-order valence-corrected chi connectivity index (χ2v) is 5.37. The summed E-state index contributed by atoms with van der Waals surface area (Å²) in [5, 5.41) is 22.8. The monoisotopic (exact) mass is 298 g/mol. The molecule has 0 bridgehead atoms. The molecule has 0 radical (unpaired) electrons. The number of rotatable bonds is 4. The Morgan fingerprint density at radius 1 is 1.36 bits per heavy atom. The molecule has 0 aliphatic carbocycles. The quantitative estimate of drug-likeness (QED) is 0.666. The lowest BCUT2D eigenvalue weighted by atomic mass is 10.1. The summed E-state index contributed by atoms with van der Waals surface area (Å²) in [6.45, 7) is 7.52. The molecule has 0 unspecified atom stereocenters. The summed E-state index contributed by atoms with van der Waals surface area (Å²) >= 11 is 0. The maximum absolute atomic E-state index is 9.74. The Kier molecular flexibility index (Phi) is 4.47. The molecule has 2 N–H and O–H groups in total. The first-order chi connectivity index (χ1) is 10.4. The van der Waals surface area contributed by atoms with E-state index >= 15 is 0 Å². The number of phenols is 1. The third-order valence-electron chi connectivity index (χ3n) is 3.14. The lowest BCUT2D eigenvalue weighted by Gasteiger charge is -2.04. The fraction of sp³-hybridized carbons (Fsp3) is 0.312. The average Bonchev–Trinajstić information content (AvgIpc) is 2.88. The van der Waals surface area contributed by atoms with Crippen molar-refractivity contribution in [2.24, 2.45) is 5.10 Å². The van der Waals surface area contributed by atoms with Crippen LogP contribution in [0.1, 0.15) is 48.0 Å². The minimum absolute atomic E-state index is 0.0917. The van der Waals surface area contributed by atoms with Crippen LogP contribution in [0.5, 0.6) is 5.75 Å². The van der Waals surface area contributed by atoms with Crippen LogP contribution in [-0.2, 0) is 0 Å². The lowest BCUT2D eigenvalue weighted by molar-refractivity contribution is 0.467. The van der Waals surface area contributed by atoms with Crippen LogP contribution >= 0.6 is 0 Å². The first-order valence-corrected chi connectivity index (χ1v) is 6.92. The van der Waals surface area contributed by atoms with Gasteiger partial charge in [0.15, 0.2) is 0 Å². The van der Waals surface area contributed by atoms with Crippen LogP contribution < -0.4 is 5.43 Å². The number of anilines is 1. The van der Waals surface area contributed by atoms with Crippen LogP contribution in [0, 0.1) is 25.2 Å². The van der Waals surface area contributed by atoms with Crippen molar-refractivity contribution in [2.45, 2.75) is 33.6 Å². The van der Waals surface area contributed by atoms with E-state index in [0.29, 0.717) is 5.89 Å². The Bertz CT molecular complexity index is 731. The zero-order valence-electron chi connectivity index (χ0n) is 13.0. The van der Waals surface area contributed by atoms with E-state index in [4.69, 9.17) is 9.68 Å². The molecule has 0 atom stereocenters. The zero-order chi connectivity index (χ0) is 16.3. The third-order valence-corrected chi connectivity index (χ3v) is 3.14. The Morgan fingerprint density at radius 3 is 2.55 bits per heavy atom.